The molecule has 0 aromatic rings. The molecule has 1 fully saturated rings. The predicted octanol–water partition coefficient (Wildman–Crippen LogP) is 1.57. The highest BCUT2D eigenvalue weighted by Crippen LogP contribution is 2.13. The molecule has 0 aromatic heterocycles. The van der Waals surface area contributed by atoms with Crippen LogP contribution in [0.15, 0.2) is 0 Å². The van der Waals surface area contributed by atoms with Gasteiger partial charge in [0, 0.05) is 25.3 Å². The van der Waals surface area contributed by atoms with Gasteiger partial charge in [0.25, 0.3) is 0 Å². The Morgan fingerprint density at radius 2 is 2.36 bits per heavy atom. The molecule has 1 heterocycles. The third kappa shape index (κ3) is 4.40. The maximum Gasteiger partial charge on any atom is 0.0616 e. The molecule has 3 nitrogen and oxygen atoms in total. The summed E-state index contributed by atoms with van der Waals surface area (Å²) in [4.78, 5) is 0. The van der Waals surface area contributed by atoms with Gasteiger partial charge in [-0.05, 0) is 33.6 Å². The molecule has 1 aliphatic rings. The van der Waals surface area contributed by atoms with E-state index >= 15 is 0 Å². The maximum absolute atomic E-state index is 5.50. The molecule has 0 bridgehead atoms. The molecule has 1 saturated heterocycles. The second-order valence-corrected chi connectivity index (χ2v) is 4.13. The molecule has 0 aromatic carbocycles. The third-order valence-corrected chi connectivity index (χ3v) is 2.58. The number of rotatable bonds is 5. The van der Waals surface area contributed by atoms with Gasteiger partial charge in [0.2, 0.25) is 0 Å². The standard InChI is InChI=1S/C11H23NO2/c1-4-13-8-9(2)12-11-5-6-14-10(3)7-11/h9-12H,4-8H2,1-3H3. The Morgan fingerprint density at radius 3 is 3.00 bits per heavy atom. The fourth-order valence-corrected chi connectivity index (χ4v) is 1.89. The Kier molecular flexibility index (Phi) is 5.45. The van der Waals surface area contributed by atoms with Crippen LogP contribution in [0.4, 0.5) is 0 Å². The summed E-state index contributed by atoms with van der Waals surface area (Å²) in [6, 6.07) is 1.06. The van der Waals surface area contributed by atoms with Crippen LogP contribution in [0.1, 0.15) is 33.6 Å². The monoisotopic (exact) mass is 201 g/mol. The van der Waals surface area contributed by atoms with Crippen LogP contribution in [-0.4, -0.2) is 38.0 Å². The SMILES string of the molecule is CCOCC(C)NC1CCOC(C)C1. The highest BCUT2D eigenvalue weighted by molar-refractivity contribution is 4.77. The van der Waals surface area contributed by atoms with E-state index in [-0.39, 0.29) is 0 Å². The molecule has 3 atom stereocenters. The van der Waals surface area contributed by atoms with Crippen molar-refractivity contribution in [3.05, 3.63) is 0 Å². The van der Waals surface area contributed by atoms with Crippen molar-refractivity contribution in [1.29, 1.82) is 0 Å². The van der Waals surface area contributed by atoms with E-state index in [9.17, 15) is 0 Å². The van der Waals surface area contributed by atoms with Crippen LogP contribution >= 0.6 is 0 Å². The zero-order chi connectivity index (χ0) is 10.4. The van der Waals surface area contributed by atoms with Gasteiger partial charge in [-0.25, -0.2) is 0 Å². The number of nitrogens with one attached hydrogen (secondary N) is 1. The Hall–Kier alpha value is -0.120. The van der Waals surface area contributed by atoms with Gasteiger partial charge in [-0.2, -0.15) is 0 Å². The van der Waals surface area contributed by atoms with E-state index in [0.29, 0.717) is 18.2 Å². The van der Waals surface area contributed by atoms with Gasteiger partial charge in [-0.15, -0.1) is 0 Å². The topological polar surface area (TPSA) is 30.5 Å². The first kappa shape index (κ1) is 12.0. The smallest absolute Gasteiger partial charge is 0.0616 e. The summed E-state index contributed by atoms with van der Waals surface area (Å²) in [6.45, 7) is 8.85. The second-order valence-electron chi connectivity index (χ2n) is 4.13. The molecule has 3 heteroatoms. The molecule has 0 aliphatic carbocycles. The molecule has 3 unspecified atom stereocenters. The van der Waals surface area contributed by atoms with Gasteiger partial charge in [0.15, 0.2) is 0 Å². The highest BCUT2D eigenvalue weighted by Gasteiger charge is 2.20. The molecule has 0 saturated carbocycles. The summed E-state index contributed by atoms with van der Waals surface area (Å²) in [5, 5.41) is 3.58. The summed E-state index contributed by atoms with van der Waals surface area (Å²) < 4.78 is 10.9. The van der Waals surface area contributed by atoms with Crippen LogP contribution in [0, 0.1) is 0 Å². The van der Waals surface area contributed by atoms with Gasteiger partial charge < -0.3 is 14.8 Å². The molecule has 84 valence electrons. The van der Waals surface area contributed by atoms with Crippen LogP contribution in [0.3, 0.4) is 0 Å². The normalized spacial score (nSPS) is 30.2. The lowest BCUT2D eigenvalue weighted by Gasteiger charge is -2.30. The molecular weight excluding hydrogens is 178 g/mol. The number of ether oxygens (including phenoxy) is 2. The van der Waals surface area contributed by atoms with Crippen LogP contribution in [0.25, 0.3) is 0 Å². The van der Waals surface area contributed by atoms with E-state index in [1.165, 1.54) is 0 Å². The molecule has 1 rings (SSSR count). The first-order valence-electron chi connectivity index (χ1n) is 5.67. The van der Waals surface area contributed by atoms with Crippen LogP contribution in [0.5, 0.6) is 0 Å². The molecular formula is C11H23NO2. The predicted molar refractivity (Wildman–Crippen MR) is 57.5 cm³/mol. The summed E-state index contributed by atoms with van der Waals surface area (Å²) in [5.41, 5.74) is 0. The van der Waals surface area contributed by atoms with Crippen LogP contribution in [-0.2, 0) is 9.47 Å². The van der Waals surface area contributed by atoms with E-state index in [1.807, 2.05) is 6.92 Å². The van der Waals surface area contributed by atoms with Crippen LogP contribution in [0.2, 0.25) is 0 Å². The van der Waals surface area contributed by atoms with Crippen molar-refractivity contribution in [1.82, 2.24) is 5.32 Å². The Morgan fingerprint density at radius 1 is 1.57 bits per heavy atom. The summed E-state index contributed by atoms with van der Waals surface area (Å²) in [6.07, 6.45) is 2.65. The van der Waals surface area contributed by atoms with Crippen molar-refractivity contribution >= 4 is 0 Å². The van der Waals surface area contributed by atoms with E-state index in [2.05, 4.69) is 19.2 Å². The summed E-state index contributed by atoms with van der Waals surface area (Å²) in [5.74, 6) is 0. The largest absolute Gasteiger partial charge is 0.380 e. The Bertz CT molecular complexity index is 152. The van der Waals surface area contributed by atoms with Crippen molar-refractivity contribution in [2.45, 2.75) is 51.8 Å². The minimum absolute atomic E-state index is 0.403. The van der Waals surface area contributed by atoms with Crippen molar-refractivity contribution in [2.24, 2.45) is 0 Å². The fraction of sp³-hybridized carbons (Fsp3) is 1.00. The fourth-order valence-electron chi connectivity index (χ4n) is 1.89. The van der Waals surface area contributed by atoms with E-state index in [4.69, 9.17) is 9.47 Å². The molecule has 1 aliphatic heterocycles. The molecule has 0 radical (unpaired) electrons. The number of hydrogen-bond donors (Lipinski definition) is 1. The second kappa shape index (κ2) is 6.38. The zero-order valence-corrected chi connectivity index (χ0v) is 9.58. The molecule has 0 amide bonds. The first-order valence-corrected chi connectivity index (χ1v) is 5.67. The van der Waals surface area contributed by atoms with E-state index in [0.717, 1.165) is 32.7 Å². The maximum atomic E-state index is 5.50. The number of hydrogen-bond acceptors (Lipinski definition) is 3. The lowest BCUT2D eigenvalue weighted by molar-refractivity contribution is 0.00864. The molecule has 1 N–H and O–H groups in total. The third-order valence-electron chi connectivity index (χ3n) is 2.58. The van der Waals surface area contributed by atoms with Gasteiger partial charge in [-0.3, -0.25) is 0 Å². The quantitative estimate of drug-likeness (QED) is 0.732. The van der Waals surface area contributed by atoms with Gasteiger partial charge in [0.05, 0.1) is 12.7 Å². The molecule has 0 spiro atoms. The van der Waals surface area contributed by atoms with E-state index in [1.54, 1.807) is 0 Å². The zero-order valence-electron chi connectivity index (χ0n) is 9.58. The molecule has 14 heavy (non-hydrogen) atoms. The minimum Gasteiger partial charge on any atom is -0.380 e. The lowest BCUT2D eigenvalue weighted by Crippen LogP contribution is -2.44. The summed E-state index contributed by atoms with van der Waals surface area (Å²) in [7, 11) is 0. The lowest BCUT2D eigenvalue weighted by atomic mass is 10.0. The highest BCUT2D eigenvalue weighted by atomic mass is 16.5. The van der Waals surface area contributed by atoms with E-state index < -0.39 is 0 Å². The van der Waals surface area contributed by atoms with Gasteiger partial charge >= 0.3 is 0 Å². The van der Waals surface area contributed by atoms with Crippen molar-refractivity contribution in [2.75, 3.05) is 19.8 Å². The van der Waals surface area contributed by atoms with Gasteiger partial charge in [-0.1, -0.05) is 0 Å². The Balaban J connectivity index is 2.15. The van der Waals surface area contributed by atoms with Gasteiger partial charge in [0.1, 0.15) is 0 Å². The van der Waals surface area contributed by atoms with Crippen molar-refractivity contribution < 1.29 is 9.47 Å². The van der Waals surface area contributed by atoms with Crippen molar-refractivity contribution in [3.8, 4) is 0 Å². The van der Waals surface area contributed by atoms with Crippen LogP contribution < -0.4 is 5.32 Å². The Labute approximate surface area is 87.2 Å². The van der Waals surface area contributed by atoms with Crippen molar-refractivity contribution in [3.63, 3.8) is 0 Å². The average molecular weight is 201 g/mol. The average Bonchev–Trinajstić information content (AvgIpc) is 2.15. The minimum atomic E-state index is 0.403. The summed E-state index contributed by atoms with van der Waals surface area (Å²) >= 11 is 0. The first-order chi connectivity index (χ1) is 6.72.